The molecular formula is C49H44IrN2O-2. The Bertz CT molecular complexity index is 3010. The van der Waals surface area contributed by atoms with E-state index in [1.807, 2.05) is 48.7 Å². The summed E-state index contributed by atoms with van der Waals surface area (Å²) in [4.78, 5) is 8.86. The van der Waals surface area contributed by atoms with Gasteiger partial charge in [-0.1, -0.05) is 117 Å². The van der Waals surface area contributed by atoms with Crippen LogP contribution in [0.25, 0.3) is 66.7 Å². The van der Waals surface area contributed by atoms with E-state index < -0.39 is 34.3 Å². The molecule has 0 unspecified atom stereocenters. The number of aromatic nitrogens is 2. The Balaban J connectivity index is 0.000000304. The molecule has 53 heavy (non-hydrogen) atoms. The Morgan fingerprint density at radius 3 is 2.04 bits per heavy atom. The number of fused-ring (bicyclic) bond motifs is 3. The number of pyridine rings is 2. The average Bonchev–Trinajstić information content (AvgIpc) is 3.63. The second kappa shape index (κ2) is 15.4. The molecule has 3 aromatic heterocycles. The first-order valence-electron chi connectivity index (χ1n) is 24.1. The Morgan fingerprint density at radius 1 is 0.623 bits per heavy atom. The molecule has 0 aliphatic rings. The molecule has 0 N–H and O–H groups in total. The number of nitrogens with zero attached hydrogens (tertiary/aromatic N) is 2. The fourth-order valence-electron chi connectivity index (χ4n) is 5.99. The summed E-state index contributed by atoms with van der Waals surface area (Å²) in [5.74, 6) is 0. The fourth-order valence-corrected chi connectivity index (χ4v) is 5.99. The first-order valence-corrected chi connectivity index (χ1v) is 16.6. The number of hydrogen-bond acceptors (Lipinski definition) is 3. The van der Waals surface area contributed by atoms with Crippen molar-refractivity contribution in [1.82, 2.24) is 9.97 Å². The van der Waals surface area contributed by atoms with E-state index in [2.05, 4.69) is 42.9 Å². The van der Waals surface area contributed by atoms with Crippen LogP contribution in [0.5, 0.6) is 0 Å². The third-order valence-electron chi connectivity index (χ3n) is 8.86. The van der Waals surface area contributed by atoms with Crippen molar-refractivity contribution >= 4 is 21.9 Å². The van der Waals surface area contributed by atoms with Gasteiger partial charge in [0.1, 0.15) is 5.58 Å². The van der Waals surface area contributed by atoms with Gasteiger partial charge >= 0.3 is 0 Å². The third-order valence-corrected chi connectivity index (χ3v) is 8.86. The van der Waals surface area contributed by atoms with E-state index in [-0.39, 0.29) is 70.2 Å². The van der Waals surface area contributed by atoms with E-state index >= 15 is 0 Å². The van der Waals surface area contributed by atoms with Crippen molar-refractivity contribution in [3.8, 4) is 44.8 Å². The summed E-state index contributed by atoms with van der Waals surface area (Å²) in [6, 6.07) is 35.3. The first-order chi connectivity index (χ1) is 31.0. The van der Waals surface area contributed by atoms with Crippen molar-refractivity contribution in [3.63, 3.8) is 0 Å². The van der Waals surface area contributed by atoms with Gasteiger partial charge in [-0.3, -0.25) is 0 Å². The van der Waals surface area contributed by atoms with Gasteiger partial charge in [0.15, 0.2) is 0 Å². The van der Waals surface area contributed by atoms with Gasteiger partial charge in [-0.25, -0.2) is 0 Å². The van der Waals surface area contributed by atoms with E-state index in [0.29, 0.717) is 27.9 Å². The van der Waals surface area contributed by atoms with Crippen molar-refractivity contribution < 1.29 is 45.1 Å². The normalized spacial score (nSPS) is 16.6. The molecule has 4 heteroatoms. The standard InChI is InChI=1S/C33H26NO.C16H18N.Ir/c1-20-12-14-24(15-13-20)28-16-22(3)29(17-21(28)2)30-18-31(34-19-23(30)4)27-10-7-9-26-25-8-5-6-11-32(25)35-33(26)27;1-12-5-7-13(8-6-12)15-10-9-14(11-17-15)16(2,3)4;/h5-9,11-19H,1-4H3;5-7,9-11H,1-4H3;/q2*-1;/i1D3,2D3,3D3,4D3;1D3;. The third kappa shape index (κ3) is 7.95. The molecule has 8 rings (SSSR count). The number of furan rings is 1. The molecule has 1 radical (unpaired) electrons. The Morgan fingerprint density at radius 2 is 1.34 bits per heavy atom. The van der Waals surface area contributed by atoms with Gasteiger partial charge in [0.2, 0.25) is 0 Å². The zero-order valence-corrected chi connectivity index (χ0v) is 31.6. The Labute approximate surface area is 348 Å². The molecule has 0 aliphatic carbocycles. The second-order valence-corrected chi connectivity index (χ2v) is 13.5. The van der Waals surface area contributed by atoms with Crippen molar-refractivity contribution in [2.24, 2.45) is 0 Å². The molecule has 0 saturated carbocycles. The van der Waals surface area contributed by atoms with Crippen molar-refractivity contribution in [2.45, 2.75) is 60.4 Å². The summed E-state index contributed by atoms with van der Waals surface area (Å²) in [5.41, 5.74) is 4.33. The fraction of sp³-hybridized carbons (Fsp3) is 0.184. The van der Waals surface area contributed by atoms with Gasteiger partial charge in [0.25, 0.3) is 0 Å². The van der Waals surface area contributed by atoms with Crippen LogP contribution < -0.4 is 0 Å². The summed E-state index contributed by atoms with van der Waals surface area (Å²) in [6.07, 6.45) is 3.01. The minimum absolute atomic E-state index is 0. The molecule has 0 bridgehead atoms. The molecule has 3 heterocycles. The van der Waals surface area contributed by atoms with Gasteiger partial charge in [-0.2, -0.15) is 0 Å². The van der Waals surface area contributed by atoms with Gasteiger partial charge in [-0.15, -0.1) is 53.6 Å². The van der Waals surface area contributed by atoms with Crippen molar-refractivity contribution in [2.75, 3.05) is 0 Å². The quantitative estimate of drug-likeness (QED) is 0.165. The zero-order chi connectivity index (χ0) is 49.1. The van der Waals surface area contributed by atoms with E-state index in [0.717, 1.165) is 28.2 Å². The molecule has 0 saturated heterocycles. The molecule has 0 amide bonds. The maximum atomic E-state index is 8.42. The summed E-state index contributed by atoms with van der Waals surface area (Å²) in [6.45, 7) is -6.37. The Kier molecular flexibility index (Phi) is 6.65. The number of benzene rings is 5. The van der Waals surface area contributed by atoms with E-state index in [9.17, 15) is 0 Å². The largest absolute Gasteiger partial charge is 0.501 e. The predicted octanol–water partition coefficient (Wildman–Crippen LogP) is 13.2. The van der Waals surface area contributed by atoms with Gasteiger partial charge in [-0.05, 0) is 94.8 Å². The topological polar surface area (TPSA) is 38.9 Å². The van der Waals surface area contributed by atoms with Crippen molar-refractivity contribution in [1.29, 1.82) is 0 Å². The van der Waals surface area contributed by atoms with Crippen LogP contribution in [0.4, 0.5) is 0 Å². The van der Waals surface area contributed by atoms with Crippen LogP contribution in [0.3, 0.4) is 0 Å². The monoisotopic (exact) mass is 884 g/mol. The summed E-state index contributed by atoms with van der Waals surface area (Å²) >= 11 is 0. The first kappa shape index (κ1) is 22.8. The summed E-state index contributed by atoms with van der Waals surface area (Å²) in [7, 11) is 0. The van der Waals surface area contributed by atoms with Crippen LogP contribution in [0.1, 0.15) is 74.7 Å². The molecule has 0 atom stereocenters. The zero-order valence-electron chi connectivity index (χ0n) is 44.2. The number of aryl methyl sites for hydroxylation is 5. The van der Waals surface area contributed by atoms with E-state index in [4.69, 9.17) is 25.0 Å². The number of para-hydroxylation sites is 1. The van der Waals surface area contributed by atoms with Crippen LogP contribution >= 0.6 is 0 Å². The van der Waals surface area contributed by atoms with Crippen molar-refractivity contribution in [3.05, 3.63) is 167 Å². The Hall–Kier alpha value is -5.15. The molecule has 8 aromatic rings. The minimum atomic E-state index is -2.81. The van der Waals surface area contributed by atoms with Crippen LogP contribution in [0.2, 0.25) is 0 Å². The van der Waals surface area contributed by atoms with Gasteiger partial charge in [0.05, 0.1) is 5.58 Å². The number of hydrogen-bond donors (Lipinski definition) is 0. The van der Waals surface area contributed by atoms with Crippen LogP contribution in [-0.4, -0.2) is 9.97 Å². The molecule has 0 spiro atoms. The average molecular weight is 884 g/mol. The van der Waals surface area contributed by atoms with Crippen LogP contribution in [0.15, 0.2) is 126 Å². The molecule has 3 nitrogen and oxygen atoms in total. The van der Waals surface area contributed by atoms with E-state index in [1.54, 1.807) is 18.2 Å². The summed E-state index contributed by atoms with van der Waals surface area (Å²) < 4.78 is 126. The SMILES string of the molecule is [2H]C([2H])([2H])c1c[c-]c(-c2ccc(C(C)(C)C)cn2)cc1.[2H]C([2H])([2H])c1ccc(-c2cc(C([2H])([2H])[2H])c(-c3cc(-c4[c-]ccc5c4oc4ccccc45)ncc3C([2H])([2H])[2H])cc2C([2H])([2H])[2H])cc1.[Ir]. The second-order valence-electron chi connectivity index (χ2n) is 13.5. The number of rotatable bonds is 4. The molecular weight excluding hydrogens is 825 g/mol. The molecule has 0 fully saturated rings. The van der Waals surface area contributed by atoms with Crippen LogP contribution in [-0.2, 0) is 25.5 Å². The maximum Gasteiger partial charge on any atom is 0.120 e. The molecule has 0 aliphatic heterocycles. The maximum absolute atomic E-state index is 8.42. The van der Waals surface area contributed by atoms with Gasteiger partial charge < -0.3 is 14.4 Å². The van der Waals surface area contributed by atoms with Crippen LogP contribution in [0, 0.1) is 46.4 Å². The van der Waals surface area contributed by atoms with E-state index in [1.165, 1.54) is 54.1 Å². The minimum Gasteiger partial charge on any atom is -0.501 e. The summed E-state index contributed by atoms with van der Waals surface area (Å²) in [5, 5.41) is 1.63. The van der Waals surface area contributed by atoms with Gasteiger partial charge in [0, 0.05) is 58.4 Å². The molecule has 5 aromatic carbocycles. The smallest absolute Gasteiger partial charge is 0.120 e. The predicted molar refractivity (Wildman–Crippen MR) is 218 cm³/mol. The molecule has 267 valence electrons.